The summed E-state index contributed by atoms with van der Waals surface area (Å²) < 4.78 is 6.07. The molecule has 3 heteroatoms. The van der Waals surface area contributed by atoms with Gasteiger partial charge < -0.3 is 10.5 Å². The number of pyridine rings is 1. The summed E-state index contributed by atoms with van der Waals surface area (Å²) in [6, 6.07) is 17.7. The number of rotatable bonds is 3. The fraction of sp³-hybridized carbons (Fsp3) is 0.118. The van der Waals surface area contributed by atoms with Gasteiger partial charge in [-0.3, -0.25) is 4.98 Å². The molecule has 20 heavy (non-hydrogen) atoms. The lowest BCUT2D eigenvalue weighted by Crippen LogP contribution is -2.03. The molecule has 2 aromatic carbocycles. The zero-order valence-electron chi connectivity index (χ0n) is 11.3. The molecule has 0 bridgehead atoms. The lowest BCUT2D eigenvalue weighted by molar-refractivity contribution is 0.230. The Morgan fingerprint density at radius 3 is 2.60 bits per heavy atom. The largest absolute Gasteiger partial charge is 0.485 e. The maximum atomic E-state index is 6.07. The predicted molar refractivity (Wildman–Crippen MR) is 81.6 cm³/mol. The standard InChI is InChI=1S/C17H16N2O/c1-12(13-6-3-2-4-7-13)20-16-10-9-15(18)17-14(16)8-5-11-19-17/h2-12H,18H2,1H3. The number of ether oxygens (including phenoxy) is 1. The van der Waals surface area contributed by atoms with Crippen LogP contribution in [0, 0.1) is 0 Å². The van der Waals surface area contributed by atoms with Gasteiger partial charge in [0.2, 0.25) is 0 Å². The third-order valence-corrected chi connectivity index (χ3v) is 3.33. The minimum Gasteiger partial charge on any atom is -0.485 e. The van der Waals surface area contributed by atoms with Gasteiger partial charge in [0, 0.05) is 11.6 Å². The van der Waals surface area contributed by atoms with Crippen LogP contribution in [0.25, 0.3) is 10.9 Å². The number of nitrogens with zero attached hydrogens (tertiary/aromatic N) is 1. The SMILES string of the molecule is CC(Oc1ccc(N)c2ncccc12)c1ccccc1. The highest BCUT2D eigenvalue weighted by Crippen LogP contribution is 2.31. The average molecular weight is 264 g/mol. The van der Waals surface area contributed by atoms with Crippen molar-refractivity contribution in [2.45, 2.75) is 13.0 Å². The van der Waals surface area contributed by atoms with Crippen LogP contribution in [0.1, 0.15) is 18.6 Å². The van der Waals surface area contributed by atoms with Crippen molar-refractivity contribution in [2.75, 3.05) is 5.73 Å². The van der Waals surface area contributed by atoms with Crippen LogP contribution >= 0.6 is 0 Å². The summed E-state index contributed by atoms with van der Waals surface area (Å²) in [6.07, 6.45) is 1.71. The van der Waals surface area contributed by atoms with Gasteiger partial charge in [-0.1, -0.05) is 30.3 Å². The third kappa shape index (κ3) is 2.30. The maximum Gasteiger partial charge on any atom is 0.129 e. The Kier molecular flexibility index (Phi) is 3.25. The van der Waals surface area contributed by atoms with Gasteiger partial charge in [0.1, 0.15) is 11.9 Å². The lowest BCUT2D eigenvalue weighted by atomic mass is 10.1. The number of anilines is 1. The fourth-order valence-corrected chi connectivity index (χ4v) is 2.25. The van der Waals surface area contributed by atoms with E-state index in [0.717, 1.165) is 22.2 Å². The summed E-state index contributed by atoms with van der Waals surface area (Å²) in [4.78, 5) is 4.32. The van der Waals surface area contributed by atoms with Crippen molar-refractivity contribution in [2.24, 2.45) is 0 Å². The van der Waals surface area contributed by atoms with Crippen LogP contribution in [0.2, 0.25) is 0 Å². The fourth-order valence-electron chi connectivity index (χ4n) is 2.25. The van der Waals surface area contributed by atoms with Gasteiger partial charge >= 0.3 is 0 Å². The van der Waals surface area contributed by atoms with Crippen molar-refractivity contribution in [3.05, 3.63) is 66.4 Å². The Morgan fingerprint density at radius 2 is 1.80 bits per heavy atom. The second-order valence-electron chi connectivity index (χ2n) is 4.72. The molecule has 1 unspecified atom stereocenters. The summed E-state index contributed by atoms with van der Waals surface area (Å²) >= 11 is 0. The van der Waals surface area contributed by atoms with Crippen LogP contribution in [0.5, 0.6) is 5.75 Å². The molecule has 3 aromatic rings. The molecule has 3 nitrogen and oxygen atoms in total. The second-order valence-corrected chi connectivity index (χ2v) is 4.72. The van der Waals surface area contributed by atoms with Crippen LogP contribution < -0.4 is 10.5 Å². The maximum absolute atomic E-state index is 6.07. The van der Waals surface area contributed by atoms with E-state index in [1.54, 1.807) is 6.20 Å². The first kappa shape index (κ1) is 12.5. The predicted octanol–water partition coefficient (Wildman–Crippen LogP) is 3.96. The number of aromatic nitrogens is 1. The molecule has 1 atom stereocenters. The third-order valence-electron chi connectivity index (χ3n) is 3.33. The molecule has 0 spiro atoms. The van der Waals surface area contributed by atoms with E-state index in [1.807, 2.05) is 49.4 Å². The van der Waals surface area contributed by atoms with Crippen molar-refractivity contribution >= 4 is 16.6 Å². The molecule has 0 aliphatic carbocycles. The Labute approximate surface area is 118 Å². The highest BCUT2D eigenvalue weighted by atomic mass is 16.5. The van der Waals surface area contributed by atoms with Crippen molar-refractivity contribution in [3.63, 3.8) is 0 Å². The van der Waals surface area contributed by atoms with Gasteiger partial charge in [0.25, 0.3) is 0 Å². The Morgan fingerprint density at radius 1 is 1.00 bits per heavy atom. The molecule has 1 aromatic heterocycles. The molecule has 0 aliphatic rings. The zero-order valence-corrected chi connectivity index (χ0v) is 11.3. The van der Waals surface area contributed by atoms with E-state index >= 15 is 0 Å². The molecule has 2 N–H and O–H groups in total. The highest BCUT2D eigenvalue weighted by molar-refractivity contribution is 5.93. The first-order valence-corrected chi connectivity index (χ1v) is 6.60. The smallest absolute Gasteiger partial charge is 0.129 e. The van der Waals surface area contributed by atoms with Gasteiger partial charge in [-0.05, 0) is 36.8 Å². The summed E-state index contributed by atoms with van der Waals surface area (Å²) in [5.74, 6) is 0.804. The van der Waals surface area contributed by atoms with Crippen molar-refractivity contribution < 1.29 is 4.74 Å². The monoisotopic (exact) mass is 264 g/mol. The van der Waals surface area contributed by atoms with E-state index in [9.17, 15) is 0 Å². The molecule has 0 fully saturated rings. The number of benzene rings is 2. The molecule has 3 rings (SSSR count). The van der Waals surface area contributed by atoms with Crippen molar-refractivity contribution in [3.8, 4) is 5.75 Å². The van der Waals surface area contributed by atoms with Gasteiger partial charge in [0.15, 0.2) is 0 Å². The first-order valence-electron chi connectivity index (χ1n) is 6.60. The molecule has 0 radical (unpaired) electrons. The molecule has 0 saturated carbocycles. The summed E-state index contributed by atoms with van der Waals surface area (Å²) in [7, 11) is 0. The summed E-state index contributed by atoms with van der Waals surface area (Å²) in [6.45, 7) is 2.04. The van der Waals surface area contributed by atoms with Crippen LogP contribution in [0.3, 0.4) is 0 Å². The average Bonchev–Trinajstić information content (AvgIpc) is 2.51. The van der Waals surface area contributed by atoms with E-state index < -0.39 is 0 Å². The molecule has 0 aliphatic heterocycles. The van der Waals surface area contributed by atoms with Crippen molar-refractivity contribution in [1.82, 2.24) is 4.98 Å². The van der Waals surface area contributed by atoms with Crippen molar-refractivity contribution in [1.29, 1.82) is 0 Å². The van der Waals surface area contributed by atoms with E-state index in [-0.39, 0.29) is 6.10 Å². The molecular formula is C17H16N2O. The van der Waals surface area contributed by atoms with E-state index in [4.69, 9.17) is 10.5 Å². The lowest BCUT2D eigenvalue weighted by Gasteiger charge is -2.17. The molecular weight excluding hydrogens is 248 g/mol. The topological polar surface area (TPSA) is 48.1 Å². The van der Waals surface area contributed by atoms with Gasteiger partial charge in [-0.2, -0.15) is 0 Å². The summed E-state index contributed by atoms with van der Waals surface area (Å²) in [5.41, 5.74) is 8.54. The quantitative estimate of drug-likeness (QED) is 0.728. The van der Waals surface area contributed by atoms with Gasteiger partial charge in [-0.15, -0.1) is 0 Å². The highest BCUT2D eigenvalue weighted by Gasteiger charge is 2.10. The molecule has 100 valence electrons. The van der Waals surface area contributed by atoms with E-state index in [1.165, 1.54) is 0 Å². The minimum absolute atomic E-state index is 0.0248. The van der Waals surface area contributed by atoms with Crippen LogP contribution in [0.15, 0.2) is 60.8 Å². The minimum atomic E-state index is -0.0248. The number of hydrogen-bond acceptors (Lipinski definition) is 3. The Balaban J connectivity index is 1.97. The number of fused-ring (bicyclic) bond motifs is 1. The van der Waals surface area contributed by atoms with E-state index in [0.29, 0.717) is 5.69 Å². The van der Waals surface area contributed by atoms with E-state index in [2.05, 4.69) is 17.1 Å². The molecule has 0 amide bonds. The number of nitrogen functional groups attached to an aromatic ring is 1. The number of nitrogens with two attached hydrogens (primary N) is 1. The molecule has 0 saturated heterocycles. The first-order chi connectivity index (χ1) is 9.75. The van der Waals surface area contributed by atoms with Gasteiger partial charge in [0.05, 0.1) is 11.2 Å². The summed E-state index contributed by atoms with van der Waals surface area (Å²) in [5, 5.41) is 0.940. The van der Waals surface area contributed by atoms with Crippen LogP contribution in [0.4, 0.5) is 5.69 Å². The zero-order chi connectivity index (χ0) is 13.9. The molecule has 1 heterocycles. The number of hydrogen-bond donors (Lipinski definition) is 1. The van der Waals surface area contributed by atoms with Crippen LogP contribution in [-0.2, 0) is 0 Å². The Hall–Kier alpha value is -2.55. The second kappa shape index (κ2) is 5.21. The van der Waals surface area contributed by atoms with Crippen LogP contribution in [-0.4, -0.2) is 4.98 Å². The van der Waals surface area contributed by atoms with Gasteiger partial charge in [-0.25, -0.2) is 0 Å². The Bertz CT molecular complexity index is 725. The normalized spacial score (nSPS) is 12.2.